The summed E-state index contributed by atoms with van der Waals surface area (Å²) < 4.78 is 67.9. The summed E-state index contributed by atoms with van der Waals surface area (Å²) in [6.07, 6.45) is -4.89. The number of rotatable bonds is 4. The van der Waals surface area contributed by atoms with Crippen LogP contribution in [0.4, 0.5) is 13.2 Å². The summed E-state index contributed by atoms with van der Waals surface area (Å²) in [7, 11) is 0.00584. The predicted octanol–water partition coefficient (Wildman–Crippen LogP) is 2.81. The van der Waals surface area contributed by atoms with Crippen LogP contribution in [0, 0.1) is 0 Å². The van der Waals surface area contributed by atoms with Gasteiger partial charge in [0.1, 0.15) is 5.56 Å². The highest BCUT2D eigenvalue weighted by atomic mass is 35.7. The number of carbonyl (C=O) groups is 1. The molecule has 0 aliphatic heterocycles. The number of ether oxygens (including phenoxy) is 1. The first-order valence-corrected chi connectivity index (χ1v) is 7.67. The Morgan fingerprint density at radius 1 is 1.47 bits per heavy atom. The Balaban J connectivity index is 3.34. The van der Waals surface area contributed by atoms with Gasteiger partial charge in [-0.15, -0.1) is 11.3 Å². The van der Waals surface area contributed by atoms with Gasteiger partial charge in [0.05, 0.1) is 17.3 Å². The molecule has 1 heterocycles. The van der Waals surface area contributed by atoms with E-state index in [0.29, 0.717) is 16.7 Å². The molecular weight excluding hydrogens is 333 g/mol. The van der Waals surface area contributed by atoms with E-state index < -0.39 is 37.7 Å². The zero-order valence-corrected chi connectivity index (χ0v) is 11.5. The third-order valence-corrected chi connectivity index (χ3v) is 3.19. The fraction of sp³-hybridized carbons (Fsp3) is 0.375. The molecule has 0 saturated carbocycles. The fourth-order valence-corrected chi connectivity index (χ4v) is 2.57. The lowest BCUT2D eigenvalue weighted by molar-refractivity contribution is -0.138. The SMILES string of the molecule is CCOC(=O)c1scc(C(F)(F)F)c1OS(=O)(=O)Cl. The molecule has 0 atom stereocenters. The number of esters is 1. The zero-order valence-electron chi connectivity index (χ0n) is 9.15. The van der Waals surface area contributed by atoms with Gasteiger partial charge in [-0.05, 0) is 6.92 Å². The van der Waals surface area contributed by atoms with Gasteiger partial charge >= 0.3 is 21.5 Å². The minimum Gasteiger partial charge on any atom is -0.462 e. The van der Waals surface area contributed by atoms with Gasteiger partial charge in [0.15, 0.2) is 10.6 Å². The summed E-state index contributed by atoms with van der Waals surface area (Å²) in [4.78, 5) is 10.8. The second-order valence-corrected chi connectivity index (χ2v) is 5.97. The van der Waals surface area contributed by atoms with E-state index in [0.717, 1.165) is 0 Å². The maximum absolute atomic E-state index is 12.6. The number of halogens is 4. The zero-order chi connectivity index (χ0) is 14.8. The fourth-order valence-electron chi connectivity index (χ4n) is 1.06. The number of hydrogen-bond donors (Lipinski definition) is 0. The summed E-state index contributed by atoms with van der Waals surface area (Å²) >= 11 is 0.349. The van der Waals surface area contributed by atoms with Gasteiger partial charge in [-0.3, -0.25) is 0 Å². The Labute approximate surface area is 114 Å². The lowest BCUT2D eigenvalue weighted by atomic mass is 10.2. The van der Waals surface area contributed by atoms with Gasteiger partial charge in [-0.25, -0.2) is 4.79 Å². The molecule has 19 heavy (non-hydrogen) atoms. The molecule has 0 amide bonds. The first kappa shape index (κ1) is 16.1. The van der Waals surface area contributed by atoms with Crippen LogP contribution in [0.1, 0.15) is 22.2 Å². The van der Waals surface area contributed by atoms with E-state index in [4.69, 9.17) is 10.7 Å². The molecule has 1 aromatic rings. The second kappa shape index (κ2) is 5.55. The van der Waals surface area contributed by atoms with E-state index in [9.17, 15) is 26.4 Å². The largest absolute Gasteiger partial charge is 0.462 e. The van der Waals surface area contributed by atoms with Crippen LogP contribution in [-0.2, 0) is 20.2 Å². The lowest BCUT2D eigenvalue weighted by Gasteiger charge is -2.08. The van der Waals surface area contributed by atoms with E-state index in [-0.39, 0.29) is 6.61 Å². The monoisotopic (exact) mass is 338 g/mol. The summed E-state index contributed by atoms with van der Waals surface area (Å²) in [5, 5.41) is 0.545. The Kier molecular flexibility index (Phi) is 4.69. The lowest BCUT2D eigenvalue weighted by Crippen LogP contribution is -2.12. The minimum atomic E-state index is -4.89. The third-order valence-electron chi connectivity index (χ3n) is 1.69. The van der Waals surface area contributed by atoms with Gasteiger partial charge in [0.25, 0.3) is 0 Å². The van der Waals surface area contributed by atoms with Gasteiger partial charge in [0, 0.05) is 5.38 Å². The molecule has 1 aromatic heterocycles. The molecule has 0 aliphatic rings. The predicted molar refractivity (Wildman–Crippen MR) is 60.7 cm³/mol. The standard InChI is InChI=1S/C8H6ClF3O5S2/c1-2-16-7(13)6-5(17-19(9,14)15)4(3-18-6)8(10,11)12/h3H,2H2,1H3. The summed E-state index contributed by atoms with van der Waals surface area (Å²) in [6.45, 7) is 1.35. The first-order valence-electron chi connectivity index (χ1n) is 4.56. The Morgan fingerprint density at radius 2 is 2.05 bits per heavy atom. The highest BCUT2D eigenvalue weighted by Gasteiger charge is 2.40. The van der Waals surface area contributed by atoms with Gasteiger partial charge in [-0.2, -0.15) is 21.6 Å². The number of carbonyl (C=O) groups excluding carboxylic acids is 1. The number of hydrogen-bond acceptors (Lipinski definition) is 6. The van der Waals surface area contributed by atoms with Crippen molar-refractivity contribution in [1.82, 2.24) is 0 Å². The van der Waals surface area contributed by atoms with Crippen LogP contribution >= 0.6 is 22.0 Å². The number of alkyl halides is 3. The van der Waals surface area contributed by atoms with E-state index in [2.05, 4.69) is 8.92 Å². The summed E-state index contributed by atoms with van der Waals surface area (Å²) in [5.41, 5.74) is -1.41. The van der Waals surface area contributed by atoms with Gasteiger partial charge < -0.3 is 8.92 Å². The van der Waals surface area contributed by atoms with Crippen LogP contribution in [0.2, 0.25) is 0 Å². The molecule has 0 unspecified atom stereocenters. The maximum atomic E-state index is 12.6. The van der Waals surface area contributed by atoms with Crippen molar-refractivity contribution < 1.29 is 35.3 Å². The molecule has 0 fully saturated rings. The van der Waals surface area contributed by atoms with E-state index in [1.165, 1.54) is 6.92 Å². The quantitative estimate of drug-likeness (QED) is 0.623. The molecule has 11 heteroatoms. The van der Waals surface area contributed by atoms with Crippen molar-refractivity contribution in [2.75, 3.05) is 6.61 Å². The van der Waals surface area contributed by atoms with Crippen LogP contribution in [0.25, 0.3) is 0 Å². The molecule has 108 valence electrons. The summed E-state index contributed by atoms with van der Waals surface area (Å²) in [6, 6.07) is 0. The molecular formula is C8H6ClF3O5S2. The average Bonchev–Trinajstić information content (AvgIpc) is 2.58. The van der Waals surface area contributed by atoms with E-state index >= 15 is 0 Å². The average molecular weight is 339 g/mol. The highest BCUT2D eigenvalue weighted by molar-refractivity contribution is 8.10. The van der Waals surface area contributed by atoms with Crippen LogP contribution in [0.5, 0.6) is 5.75 Å². The van der Waals surface area contributed by atoms with Crippen molar-refractivity contribution in [3.63, 3.8) is 0 Å². The molecule has 0 radical (unpaired) electrons. The van der Waals surface area contributed by atoms with Crippen molar-refractivity contribution in [3.8, 4) is 5.75 Å². The first-order chi connectivity index (χ1) is 8.56. The topological polar surface area (TPSA) is 69.7 Å². The smallest absolute Gasteiger partial charge is 0.420 e. The molecule has 0 N–H and O–H groups in total. The van der Waals surface area contributed by atoms with Crippen molar-refractivity contribution in [2.24, 2.45) is 0 Å². The Hall–Kier alpha value is -1.00. The van der Waals surface area contributed by atoms with Crippen molar-refractivity contribution in [1.29, 1.82) is 0 Å². The van der Waals surface area contributed by atoms with Crippen molar-refractivity contribution >= 4 is 37.3 Å². The Bertz CT molecular complexity index is 578. The van der Waals surface area contributed by atoms with Gasteiger partial charge in [0.2, 0.25) is 0 Å². The molecule has 0 saturated heterocycles. The molecule has 0 bridgehead atoms. The molecule has 5 nitrogen and oxygen atoms in total. The maximum Gasteiger partial charge on any atom is 0.420 e. The van der Waals surface area contributed by atoms with E-state index in [1.54, 1.807) is 0 Å². The van der Waals surface area contributed by atoms with Crippen LogP contribution in [0.3, 0.4) is 0 Å². The highest BCUT2D eigenvalue weighted by Crippen LogP contribution is 2.43. The van der Waals surface area contributed by atoms with Crippen molar-refractivity contribution in [2.45, 2.75) is 13.1 Å². The van der Waals surface area contributed by atoms with Crippen LogP contribution in [-0.4, -0.2) is 21.0 Å². The van der Waals surface area contributed by atoms with Crippen LogP contribution in [0.15, 0.2) is 5.38 Å². The summed E-state index contributed by atoms with van der Waals surface area (Å²) in [5.74, 6) is -2.30. The normalized spacial score (nSPS) is 12.3. The minimum absolute atomic E-state index is 0.0921. The Morgan fingerprint density at radius 3 is 2.47 bits per heavy atom. The number of thiophene rings is 1. The molecule has 0 spiro atoms. The van der Waals surface area contributed by atoms with Gasteiger partial charge in [-0.1, -0.05) is 0 Å². The molecule has 0 aromatic carbocycles. The third kappa shape index (κ3) is 4.25. The molecule has 1 rings (SSSR count). The van der Waals surface area contributed by atoms with E-state index in [1.807, 2.05) is 0 Å². The van der Waals surface area contributed by atoms with Crippen molar-refractivity contribution in [3.05, 3.63) is 15.8 Å². The molecule has 0 aliphatic carbocycles. The second-order valence-electron chi connectivity index (χ2n) is 3.00. The van der Waals surface area contributed by atoms with Crippen LogP contribution < -0.4 is 4.18 Å².